The normalized spacial score (nSPS) is 15.2. The van der Waals surface area contributed by atoms with E-state index >= 15 is 0 Å². The second-order valence-electron chi connectivity index (χ2n) is 6.25. The van der Waals surface area contributed by atoms with E-state index < -0.39 is 0 Å². The van der Waals surface area contributed by atoms with E-state index in [0.29, 0.717) is 18.1 Å². The van der Waals surface area contributed by atoms with Gasteiger partial charge < -0.3 is 4.74 Å². The van der Waals surface area contributed by atoms with Crippen molar-refractivity contribution in [3.05, 3.63) is 66.3 Å². The number of halogens is 2. The predicted molar refractivity (Wildman–Crippen MR) is 113 cm³/mol. The maximum atomic E-state index is 12.4. The third-order valence-corrected chi connectivity index (χ3v) is 6.33. The fourth-order valence-electron chi connectivity index (χ4n) is 3.29. The van der Waals surface area contributed by atoms with Crippen LogP contribution in [0.25, 0.3) is 0 Å². The van der Waals surface area contributed by atoms with Crippen LogP contribution >= 0.6 is 45.2 Å². The highest BCUT2D eigenvalue weighted by Crippen LogP contribution is 2.38. The van der Waals surface area contributed by atoms with Crippen LogP contribution in [0.4, 0.5) is 0 Å². The second kappa shape index (κ2) is 8.65. The molecule has 2 nitrogen and oxygen atoms in total. The zero-order chi connectivity index (χ0) is 16.9. The summed E-state index contributed by atoms with van der Waals surface area (Å²) in [6.45, 7) is 0.317. The molecule has 0 amide bonds. The monoisotopic (exact) mass is 546 g/mol. The Morgan fingerprint density at radius 1 is 1.00 bits per heavy atom. The van der Waals surface area contributed by atoms with Crippen molar-refractivity contribution in [2.24, 2.45) is 0 Å². The Morgan fingerprint density at radius 2 is 1.62 bits per heavy atom. The van der Waals surface area contributed by atoms with Crippen molar-refractivity contribution in [1.82, 2.24) is 0 Å². The lowest BCUT2D eigenvalue weighted by atomic mass is 9.84. The number of carbonyl (C=O) groups is 1. The summed E-state index contributed by atoms with van der Waals surface area (Å²) in [5.74, 6) is 0.400. The molecule has 0 saturated heterocycles. The average molecular weight is 546 g/mol. The fourth-order valence-corrected chi connectivity index (χ4v) is 5.94. The van der Waals surface area contributed by atoms with Gasteiger partial charge in [0.15, 0.2) is 0 Å². The van der Waals surface area contributed by atoms with E-state index in [1.54, 1.807) is 0 Å². The Bertz CT molecular complexity index is 684. The Morgan fingerprint density at radius 3 is 2.25 bits per heavy atom. The zero-order valence-corrected chi connectivity index (χ0v) is 17.7. The van der Waals surface area contributed by atoms with E-state index in [9.17, 15) is 4.79 Å². The topological polar surface area (TPSA) is 26.3 Å². The first-order valence-corrected chi connectivity index (χ1v) is 10.5. The van der Waals surface area contributed by atoms with Crippen molar-refractivity contribution in [1.29, 1.82) is 0 Å². The molecule has 0 bridgehead atoms. The quantitative estimate of drug-likeness (QED) is 0.333. The van der Waals surface area contributed by atoms with E-state index in [-0.39, 0.29) is 5.97 Å². The summed E-state index contributed by atoms with van der Waals surface area (Å²) < 4.78 is 7.85. The van der Waals surface area contributed by atoms with Gasteiger partial charge in [-0.25, -0.2) is 4.79 Å². The lowest BCUT2D eigenvalue weighted by molar-refractivity contribution is 0.0472. The zero-order valence-electron chi connectivity index (χ0n) is 13.4. The molecule has 1 aliphatic carbocycles. The van der Waals surface area contributed by atoms with E-state index in [2.05, 4.69) is 45.2 Å². The van der Waals surface area contributed by atoms with Crippen LogP contribution in [-0.2, 0) is 11.3 Å². The molecule has 0 heterocycles. The molecule has 2 aromatic carbocycles. The van der Waals surface area contributed by atoms with Crippen LogP contribution in [0.5, 0.6) is 0 Å². The molecule has 2 aromatic rings. The largest absolute Gasteiger partial charge is 0.457 e. The van der Waals surface area contributed by atoms with Gasteiger partial charge in [0.2, 0.25) is 0 Å². The van der Waals surface area contributed by atoms with Crippen LogP contribution in [0, 0.1) is 7.14 Å². The molecule has 0 spiro atoms. The molecule has 1 aliphatic rings. The summed E-state index contributed by atoms with van der Waals surface area (Å²) >= 11 is 4.75. The molecule has 0 unspecified atom stereocenters. The third-order valence-electron chi connectivity index (χ3n) is 4.54. The van der Waals surface area contributed by atoms with Gasteiger partial charge >= 0.3 is 5.97 Å². The molecule has 0 aromatic heterocycles. The first-order valence-electron chi connectivity index (χ1n) is 8.35. The maximum Gasteiger partial charge on any atom is 0.338 e. The summed E-state index contributed by atoms with van der Waals surface area (Å²) in [6, 6.07) is 13.8. The number of rotatable bonds is 4. The summed E-state index contributed by atoms with van der Waals surface area (Å²) in [4.78, 5) is 12.4. The Balaban J connectivity index is 1.73. The minimum Gasteiger partial charge on any atom is -0.457 e. The van der Waals surface area contributed by atoms with Gasteiger partial charge in [-0.05, 0) is 87.2 Å². The smallest absolute Gasteiger partial charge is 0.338 e. The number of hydrogen-bond donors (Lipinski definition) is 0. The Labute approximate surface area is 170 Å². The standard InChI is InChI=1S/C20H20I2O2/c21-17-11-16(20(23)24-13-14-7-3-1-4-8-14)12-18(22)19(17)15-9-5-2-6-10-15/h1,3-4,7-8,11-12,15H,2,5-6,9-10,13H2. The lowest BCUT2D eigenvalue weighted by Gasteiger charge is -2.24. The predicted octanol–water partition coefficient (Wildman–Crippen LogP) is 6.30. The van der Waals surface area contributed by atoms with Crippen molar-refractivity contribution >= 4 is 51.2 Å². The van der Waals surface area contributed by atoms with Gasteiger partial charge in [0.05, 0.1) is 5.56 Å². The molecule has 126 valence electrons. The van der Waals surface area contributed by atoms with Crippen molar-refractivity contribution in [3.63, 3.8) is 0 Å². The molecule has 0 radical (unpaired) electrons. The van der Waals surface area contributed by atoms with Crippen LogP contribution in [0.1, 0.15) is 59.5 Å². The molecular formula is C20H20I2O2. The number of carbonyl (C=O) groups excluding carboxylic acids is 1. The fraction of sp³-hybridized carbons (Fsp3) is 0.350. The van der Waals surface area contributed by atoms with Gasteiger partial charge in [-0.3, -0.25) is 0 Å². The van der Waals surface area contributed by atoms with Crippen molar-refractivity contribution in [2.75, 3.05) is 0 Å². The van der Waals surface area contributed by atoms with Crippen molar-refractivity contribution < 1.29 is 9.53 Å². The van der Waals surface area contributed by atoms with E-state index in [1.165, 1.54) is 44.8 Å². The highest BCUT2D eigenvalue weighted by molar-refractivity contribution is 14.1. The first-order chi connectivity index (χ1) is 11.6. The van der Waals surface area contributed by atoms with Crippen molar-refractivity contribution in [2.45, 2.75) is 44.6 Å². The average Bonchev–Trinajstić information content (AvgIpc) is 2.61. The Kier molecular flexibility index (Phi) is 6.55. The molecule has 4 heteroatoms. The molecule has 1 fully saturated rings. The lowest BCUT2D eigenvalue weighted by Crippen LogP contribution is -2.11. The molecule has 24 heavy (non-hydrogen) atoms. The minimum atomic E-state index is -0.245. The van der Waals surface area contributed by atoms with Crippen molar-refractivity contribution in [3.8, 4) is 0 Å². The van der Waals surface area contributed by atoms with Gasteiger partial charge in [0.25, 0.3) is 0 Å². The maximum absolute atomic E-state index is 12.4. The van der Waals surface area contributed by atoms with E-state index in [1.807, 2.05) is 42.5 Å². The number of benzene rings is 2. The molecule has 1 saturated carbocycles. The molecule has 3 rings (SSSR count). The van der Waals surface area contributed by atoms with Crippen LogP contribution in [0.2, 0.25) is 0 Å². The number of hydrogen-bond acceptors (Lipinski definition) is 2. The molecule has 0 atom stereocenters. The third kappa shape index (κ3) is 4.50. The van der Waals surface area contributed by atoms with Gasteiger partial charge in [-0.1, -0.05) is 49.6 Å². The highest BCUT2D eigenvalue weighted by atomic mass is 127. The summed E-state index contributed by atoms with van der Waals surface area (Å²) in [5, 5.41) is 0. The van der Waals surface area contributed by atoms with E-state index in [0.717, 1.165) is 5.56 Å². The van der Waals surface area contributed by atoms with Crippen LogP contribution in [0.15, 0.2) is 42.5 Å². The molecular weight excluding hydrogens is 526 g/mol. The SMILES string of the molecule is O=C(OCc1ccccc1)c1cc(I)c(C2CCCCC2)c(I)c1. The summed E-state index contributed by atoms with van der Waals surface area (Å²) in [6.07, 6.45) is 6.52. The first kappa shape index (κ1) is 18.2. The highest BCUT2D eigenvalue weighted by Gasteiger charge is 2.22. The van der Waals surface area contributed by atoms with Gasteiger partial charge in [-0.2, -0.15) is 0 Å². The van der Waals surface area contributed by atoms with Gasteiger partial charge in [-0.15, -0.1) is 0 Å². The van der Waals surface area contributed by atoms with Gasteiger partial charge in [0.1, 0.15) is 6.61 Å². The Hall–Kier alpha value is -0.630. The number of ether oxygens (including phenoxy) is 1. The van der Waals surface area contributed by atoms with Crippen LogP contribution < -0.4 is 0 Å². The summed E-state index contributed by atoms with van der Waals surface area (Å²) in [7, 11) is 0. The minimum absolute atomic E-state index is 0.245. The number of esters is 1. The van der Waals surface area contributed by atoms with Crippen LogP contribution in [-0.4, -0.2) is 5.97 Å². The van der Waals surface area contributed by atoms with E-state index in [4.69, 9.17) is 4.74 Å². The molecule has 0 aliphatic heterocycles. The van der Waals surface area contributed by atoms with Crippen LogP contribution in [0.3, 0.4) is 0 Å². The van der Waals surface area contributed by atoms with Gasteiger partial charge in [0, 0.05) is 7.14 Å². The second-order valence-corrected chi connectivity index (χ2v) is 8.57. The molecule has 0 N–H and O–H groups in total. The summed E-state index contributed by atoms with van der Waals surface area (Å²) in [5.41, 5.74) is 3.09.